The highest BCUT2D eigenvalue weighted by molar-refractivity contribution is 5.96. The SMILES string of the molecule is CC(=O)[C@H](CCCN)NC(=O)[C@@H](CC(=O)[C@H](CCCN)NC(C)[C@@H](CC(=O)[C@H](CCCN)NC(=O)[C@H](CO)CC(=O)[C@@H](N)CO)Cc1ccccc1)Cc1c[nH]c2ccccc12.CC[C@@H](Cc1ccccc1)C(=O)N[C@@H](CCCN)C(=O)C[C@@H](CO)C(=O)N[C@@H](CO)C(=O)O. The molecule has 0 bridgehead atoms. The van der Waals surface area contributed by atoms with Gasteiger partial charge in [-0.2, -0.15) is 0 Å². The van der Waals surface area contributed by atoms with Crippen LogP contribution in [0.25, 0.3) is 10.9 Å². The number of carboxylic acid groups (broad SMARTS) is 1. The lowest BCUT2D eigenvalue weighted by Crippen LogP contribution is -2.50. The number of ketones is 5. The number of nitrogens with one attached hydrogen (secondary N) is 6. The summed E-state index contributed by atoms with van der Waals surface area (Å²) in [5.74, 6) is -9.38. The smallest absolute Gasteiger partial charge is 0.328 e. The van der Waals surface area contributed by atoms with Crippen LogP contribution in [0.5, 0.6) is 0 Å². The van der Waals surface area contributed by atoms with Crippen LogP contribution >= 0.6 is 0 Å². The number of aliphatic carboxylic acids is 1. The molecule has 95 heavy (non-hydrogen) atoms. The maximum atomic E-state index is 14.5. The summed E-state index contributed by atoms with van der Waals surface area (Å²) >= 11 is 0. The van der Waals surface area contributed by atoms with Gasteiger partial charge in [-0.1, -0.05) is 85.8 Å². The van der Waals surface area contributed by atoms with E-state index in [1.807, 2.05) is 105 Å². The molecule has 12 atom stereocenters. The van der Waals surface area contributed by atoms with E-state index in [4.69, 9.17) is 38.9 Å². The van der Waals surface area contributed by atoms with E-state index >= 15 is 0 Å². The third-order valence-electron chi connectivity index (χ3n) is 17.0. The molecule has 4 amide bonds. The van der Waals surface area contributed by atoms with Crippen molar-refractivity contribution in [1.29, 1.82) is 0 Å². The number of rotatable bonds is 48. The van der Waals surface area contributed by atoms with E-state index in [9.17, 15) is 63.3 Å². The Balaban J connectivity index is 0.000000599. The van der Waals surface area contributed by atoms with E-state index in [2.05, 4.69) is 31.6 Å². The summed E-state index contributed by atoms with van der Waals surface area (Å²) in [6.45, 7) is 3.65. The number of Topliss-reactive ketones (excluding diaryl/α,β-unsaturated/α-hetero) is 5. The number of H-pyrrole nitrogens is 1. The highest BCUT2D eigenvalue weighted by atomic mass is 16.4. The second-order valence-corrected chi connectivity index (χ2v) is 24.3. The fourth-order valence-electron chi connectivity index (χ4n) is 11.1. The lowest BCUT2D eigenvalue weighted by molar-refractivity contribution is -0.144. The number of aromatic nitrogens is 1. The molecule has 1 aromatic heterocycles. The molecule has 0 aliphatic rings. The van der Waals surface area contributed by atoms with Gasteiger partial charge in [-0.15, -0.1) is 0 Å². The predicted molar refractivity (Wildman–Crippen MR) is 360 cm³/mol. The first-order chi connectivity index (χ1) is 45.5. The summed E-state index contributed by atoms with van der Waals surface area (Å²) in [5.41, 5.74) is 32.4. The summed E-state index contributed by atoms with van der Waals surface area (Å²) in [6, 6.07) is 20.3. The normalized spacial score (nSPS) is 15.1. The highest BCUT2D eigenvalue weighted by Crippen LogP contribution is 2.26. The molecular weight excluding hydrogens is 1220 g/mol. The quantitative estimate of drug-likeness (QED) is 0.0290. The van der Waals surface area contributed by atoms with Crippen LogP contribution in [-0.2, 0) is 67.2 Å². The summed E-state index contributed by atoms with van der Waals surface area (Å²) < 4.78 is 0. The number of benzene rings is 3. The van der Waals surface area contributed by atoms with E-state index in [-0.39, 0.29) is 73.7 Å². The molecular formula is C69H105N11O15. The zero-order chi connectivity index (χ0) is 70.4. The van der Waals surface area contributed by atoms with Crippen LogP contribution in [0.4, 0.5) is 0 Å². The largest absolute Gasteiger partial charge is 0.480 e. The van der Waals surface area contributed by atoms with E-state index in [0.29, 0.717) is 77.4 Å². The van der Waals surface area contributed by atoms with Gasteiger partial charge in [-0.3, -0.25) is 43.2 Å². The minimum absolute atomic E-state index is 0.00465. The number of aromatic amines is 1. The van der Waals surface area contributed by atoms with Crippen molar-refractivity contribution in [3.05, 3.63) is 108 Å². The van der Waals surface area contributed by atoms with Crippen molar-refractivity contribution in [2.75, 3.05) is 52.6 Å². The third kappa shape index (κ3) is 28.8. The van der Waals surface area contributed by atoms with Gasteiger partial charge in [0.1, 0.15) is 6.04 Å². The standard InChI is InChI=1S/C46H70N8O8.C23H35N3O7/c1-29(32(21-31-11-4-3-5-12-31)23-43(59)41(17-10-20-49)54-46(62)35(27-55)25-42(58)37(50)28-56)52-40(16-9-19-48)44(60)24-33(45(61)53-38(30(2)57)15-8-18-47)22-34-26-51-39-14-7-6-13-36(34)39;1-2-16(11-15-7-4-3-5-8-15)21(30)25-18(9-6-10-24)20(29)12-17(13-27)22(31)26-19(14-28)23(32)33/h3-7,11-14,26,29,32-33,35,37-38,40-41,51-52,55-56H,8-10,15-25,27-28,47-50H2,1-2H3,(H,53,61)(H,54,62);3-5,7-8,16-19,27-28H,2,6,9-14,24H2,1H3,(H,25,30)(H,26,31)(H,32,33)/t29?,32-,33-,35+,37+,38+,40+,41+;16-,17-,18-,19-/m10/s1. The Morgan fingerprint density at radius 3 is 1.38 bits per heavy atom. The van der Waals surface area contributed by atoms with Gasteiger partial charge >= 0.3 is 5.97 Å². The van der Waals surface area contributed by atoms with Crippen LogP contribution in [0.1, 0.15) is 121 Å². The first-order valence-corrected chi connectivity index (χ1v) is 33.0. The number of carboxylic acids is 1. The molecule has 0 saturated heterocycles. The van der Waals surface area contributed by atoms with E-state index in [0.717, 1.165) is 27.6 Å². The lowest BCUT2D eigenvalue weighted by atomic mass is 9.84. The molecule has 526 valence electrons. The fraction of sp³-hybridized carbons (Fsp3) is 0.565. The average Bonchev–Trinajstić information content (AvgIpc) is 1.87. The van der Waals surface area contributed by atoms with Crippen molar-refractivity contribution in [2.24, 2.45) is 58.3 Å². The lowest BCUT2D eigenvalue weighted by Gasteiger charge is -2.31. The Morgan fingerprint density at radius 1 is 0.474 bits per heavy atom. The Labute approximate surface area is 556 Å². The summed E-state index contributed by atoms with van der Waals surface area (Å²) in [4.78, 5) is 133. The highest BCUT2D eigenvalue weighted by Gasteiger charge is 2.35. The van der Waals surface area contributed by atoms with Gasteiger partial charge in [-0.05, 0) is 146 Å². The van der Waals surface area contributed by atoms with Crippen molar-refractivity contribution >= 4 is 69.4 Å². The number of para-hydroxylation sites is 1. The second-order valence-electron chi connectivity index (χ2n) is 24.3. The van der Waals surface area contributed by atoms with Crippen molar-refractivity contribution < 1.29 is 73.5 Å². The average molecular weight is 1330 g/mol. The van der Waals surface area contributed by atoms with Gasteiger partial charge in [0, 0.05) is 60.7 Å². The van der Waals surface area contributed by atoms with E-state index < -0.39 is 135 Å². The van der Waals surface area contributed by atoms with Gasteiger partial charge in [-0.25, -0.2) is 4.79 Å². The number of amides is 4. The van der Waals surface area contributed by atoms with Crippen LogP contribution in [0.15, 0.2) is 91.1 Å². The maximum absolute atomic E-state index is 14.5. The van der Waals surface area contributed by atoms with Crippen LogP contribution in [0.2, 0.25) is 0 Å². The maximum Gasteiger partial charge on any atom is 0.328 e. The molecule has 0 fully saturated rings. The number of carbonyl (C=O) groups is 10. The summed E-state index contributed by atoms with van der Waals surface area (Å²) in [6.07, 6.45) is 5.83. The van der Waals surface area contributed by atoms with Gasteiger partial charge in [0.25, 0.3) is 0 Å². The first-order valence-electron chi connectivity index (χ1n) is 33.0. The van der Waals surface area contributed by atoms with Crippen molar-refractivity contribution in [3.63, 3.8) is 0 Å². The van der Waals surface area contributed by atoms with Crippen LogP contribution < -0.4 is 55.3 Å². The second kappa shape index (κ2) is 45.0. The van der Waals surface area contributed by atoms with Crippen molar-refractivity contribution in [1.82, 2.24) is 31.6 Å². The molecule has 3 aromatic carbocycles. The monoisotopic (exact) mass is 1330 g/mol. The fourth-order valence-corrected chi connectivity index (χ4v) is 11.1. The number of carbonyl (C=O) groups excluding carboxylic acids is 9. The van der Waals surface area contributed by atoms with Crippen LogP contribution in [0.3, 0.4) is 0 Å². The molecule has 1 heterocycles. The van der Waals surface area contributed by atoms with Crippen molar-refractivity contribution in [3.8, 4) is 0 Å². The molecule has 0 saturated carbocycles. The Hall–Kier alpha value is -7.50. The number of hydrogen-bond acceptors (Lipinski definition) is 20. The van der Waals surface area contributed by atoms with Crippen molar-refractivity contribution in [2.45, 2.75) is 166 Å². The van der Waals surface area contributed by atoms with Gasteiger partial charge in [0.15, 0.2) is 28.9 Å². The molecule has 21 N–H and O–H groups in total. The van der Waals surface area contributed by atoms with E-state index in [1.54, 1.807) is 0 Å². The number of hydrogen-bond donors (Lipinski definition) is 16. The van der Waals surface area contributed by atoms with E-state index in [1.165, 1.54) is 6.92 Å². The first kappa shape index (κ1) is 81.7. The zero-order valence-corrected chi connectivity index (χ0v) is 55.3. The molecule has 26 nitrogen and oxygen atoms in total. The van der Waals surface area contributed by atoms with Crippen LogP contribution in [0, 0.1) is 29.6 Å². The molecule has 4 aromatic rings. The number of aliphatic hydroxyl groups excluding tert-OH is 4. The van der Waals surface area contributed by atoms with Crippen LogP contribution in [-0.4, -0.2) is 184 Å². The topological polar surface area (TPSA) is 478 Å². The molecule has 0 spiro atoms. The molecule has 4 rings (SSSR count). The molecule has 0 aliphatic heterocycles. The Bertz CT molecular complexity index is 3010. The molecule has 0 aliphatic carbocycles. The molecule has 0 radical (unpaired) electrons. The molecule has 1 unspecified atom stereocenters. The predicted octanol–water partition coefficient (Wildman–Crippen LogP) is 0.722. The number of nitrogens with two attached hydrogens (primary N) is 5. The number of fused-ring (bicyclic) bond motifs is 1. The summed E-state index contributed by atoms with van der Waals surface area (Å²) in [5, 5.41) is 61.8. The Morgan fingerprint density at radius 2 is 0.895 bits per heavy atom. The summed E-state index contributed by atoms with van der Waals surface area (Å²) in [7, 11) is 0. The minimum Gasteiger partial charge on any atom is -0.480 e. The number of aliphatic hydroxyl groups is 4. The third-order valence-corrected chi connectivity index (χ3v) is 17.0. The van der Waals surface area contributed by atoms with Gasteiger partial charge in [0.2, 0.25) is 23.6 Å². The molecule has 26 heteroatoms. The van der Waals surface area contributed by atoms with Gasteiger partial charge < -0.3 is 85.8 Å². The van der Waals surface area contributed by atoms with Gasteiger partial charge in [0.05, 0.1) is 68.5 Å². The zero-order valence-electron chi connectivity index (χ0n) is 55.3. The minimum atomic E-state index is -1.54. The Kier molecular flexibility index (Phi) is 38.7.